The molecule has 2 rings (SSSR count). The lowest BCUT2D eigenvalue weighted by molar-refractivity contribution is 0.426. The van der Waals surface area contributed by atoms with Crippen LogP contribution in [0.3, 0.4) is 0 Å². The molecule has 1 atom stereocenters. The van der Waals surface area contributed by atoms with Crippen molar-refractivity contribution in [3.8, 4) is 0 Å². The molecule has 0 spiro atoms. The van der Waals surface area contributed by atoms with E-state index in [9.17, 15) is 0 Å². The molecular weight excluding hydrogens is 206 g/mol. The van der Waals surface area contributed by atoms with Crippen LogP contribution in [0.5, 0.6) is 0 Å². The lowest BCUT2D eigenvalue weighted by Gasteiger charge is -2.24. The fourth-order valence-corrected chi connectivity index (χ4v) is 2.54. The van der Waals surface area contributed by atoms with Gasteiger partial charge in [-0.1, -0.05) is 55.8 Å². The minimum absolute atomic E-state index is 0.0983. The first-order valence-corrected chi connectivity index (χ1v) is 6.38. The van der Waals surface area contributed by atoms with E-state index in [0.717, 1.165) is 19.3 Å². The Morgan fingerprint density at radius 1 is 1.06 bits per heavy atom. The van der Waals surface area contributed by atoms with E-state index < -0.39 is 0 Å². The van der Waals surface area contributed by atoms with E-state index in [2.05, 4.69) is 56.3 Å². The van der Waals surface area contributed by atoms with Gasteiger partial charge in [0, 0.05) is 5.54 Å². The molecule has 90 valence electrons. The summed E-state index contributed by atoms with van der Waals surface area (Å²) in [5, 5.41) is 2.64. The Bertz CT molecular complexity index is 494. The van der Waals surface area contributed by atoms with Gasteiger partial charge < -0.3 is 5.73 Å². The van der Waals surface area contributed by atoms with Crippen LogP contribution >= 0.6 is 0 Å². The zero-order valence-electron chi connectivity index (χ0n) is 10.7. The average molecular weight is 227 g/mol. The predicted octanol–water partition coefficient (Wildman–Crippen LogP) is 3.90. The molecule has 0 aliphatic rings. The van der Waals surface area contributed by atoms with Crippen molar-refractivity contribution in [1.82, 2.24) is 0 Å². The summed E-state index contributed by atoms with van der Waals surface area (Å²) in [4.78, 5) is 0. The summed E-state index contributed by atoms with van der Waals surface area (Å²) in [6.07, 6.45) is 3.15. The summed E-state index contributed by atoms with van der Waals surface area (Å²) < 4.78 is 0. The van der Waals surface area contributed by atoms with Gasteiger partial charge in [-0.05, 0) is 36.1 Å². The molecule has 0 bridgehead atoms. The second-order valence-electron chi connectivity index (χ2n) is 5.22. The van der Waals surface area contributed by atoms with Gasteiger partial charge in [0.2, 0.25) is 0 Å². The standard InChI is InChI=1S/C16H21N/c1-3-11-16(2,17)12-14-9-6-8-13-7-4-5-10-15(13)14/h4-10H,3,11-12,17H2,1-2H3. The maximum Gasteiger partial charge on any atom is 0.0166 e. The van der Waals surface area contributed by atoms with Crippen LogP contribution in [-0.2, 0) is 6.42 Å². The second-order valence-corrected chi connectivity index (χ2v) is 5.22. The van der Waals surface area contributed by atoms with Crippen LogP contribution in [-0.4, -0.2) is 5.54 Å². The van der Waals surface area contributed by atoms with Crippen LogP contribution < -0.4 is 5.73 Å². The summed E-state index contributed by atoms with van der Waals surface area (Å²) in [5.74, 6) is 0. The van der Waals surface area contributed by atoms with Crippen molar-refractivity contribution >= 4 is 10.8 Å². The van der Waals surface area contributed by atoms with Crippen LogP contribution in [0.2, 0.25) is 0 Å². The number of benzene rings is 2. The van der Waals surface area contributed by atoms with Crippen molar-refractivity contribution in [3.63, 3.8) is 0 Å². The molecule has 0 saturated carbocycles. The maximum absolute atomic E-state index is 6.35. The van der Waals surface area contributed by atoms with E-state index >= 15 is 0 Å². The molecule has 0 fully saturated rings. The smallest absolute Gasteiger partial charge is 0.0166 e. The number of nitrogens with two attached hydrogens (primary N) is 1. The molecule has 1 nitrogen and oxygen atoms in total. The highest BCUT2D eigenvalue weighted by atomic mass is 14.7. The molecule has 1 heteroatoms. The predicted molar refractivity (Wildman–Crippen MR) is 75.2 cm³/mol. The van der Waals surface area contributed by atoms with E-state index in [1.807, 2.05) is 0 Å². The molecule has 0 radical (unpaired) electrons. The quantitative estimate of drug-likeness (QED) is 0.842. The van der Waals surface area contributed by atoms with E-state index in [0.29, 0.717) is 0 Å². The van der Waals surface area contributed by atoms with Gasteiger partial charge in [0.1, 0.15) is 0 Å². The third-order valence-electron chi connectivity index (χ3n) is 3.30. The van der Waals surface area contributed by atoms with E-state index in [4.69, 9.17) is 5.73 Å². The highest BCUT2D eigenvalue weighted by Gasteiger charge is 2.18. The van der Waals surface area contributed by atoms with Crippen LogP contribution in [0.1, 0.15) is 32.3 Å². The highest BCUT2D eigenvalue weighted by Crippen LogP contribution is 2.23. The lowest BCUT2D eigenvalue weighted by Crippen LogP contribution is -2.38. The monoisotopic (exact) mass is 227 g/mol. The molecule has 0 aromatic heterocycles. The normalized spacial score (nSPS) is 14.8. The van der Waals surface area contributed by atoms with Crippen LogP contribution in [0.4, 0.5) is 0 Å². The second kappa shape index (κ2) is 4.89. The Labute approximate surface area is 104 Å². The number of hydrogen-bond acceptors (Lipinski definition) is 1. The SMILES string of the molecule is CCCC(C)(N)Cc1cccc2ccccc12. The first-order valence-electron chi connectivity index (χ1n) is 6.38. The maximum atomic E-state index is 6.35. The zero-order chi connectivity index (χ0) is 12.3. The molecule has 0 amide bonds. The Balaban J connectivity index is 2.36. The minimum atomic E-state index is -0.0983. The van der Waals surface area contributed by atoms with Crippen molar-refractivity contribution in [3.05, 3.63) is 48.0 Å². The summed E-state index contributed by atoms with van der Waals surface area (Å²) >= 11 is 0. The summed E-state index contributed by atoms with van der Waals surface area (Å²) in [6.45, 7) is 4.34. The van der Waals surface area contributed by atoms with Crippen molar-refractivity contribution < 1.29 is 0 Å². The van der Waals surface area contributed by atoms with Gasteiger partial charge in [-0.2, -0.15) is 0 Å². The summed E-state index contributed by atoms with van der Waals surface area (Å²) in [5.41, 5.74) is 7.61. The van der Waals surface area contributed by atoms with E-state index in [1.165, 1.54) is 16.3 Å². The number of rotatable bonds is 4. The first-order chi connectivity index (χ1) is 8.12. The summed E-state index contributed by atoms with van der Waals surface area (Å²) in [7, 11) is 0. The fourth-order valence-electron chi connectivity index (χ4n) is 2.54. The van der Waals surface area contributed by atoms with Crippen LogP contribution in [0, 0.1) is 0 Å². The number of fused-ring (bicyclic) bond motifs is 1. The van der Waals surface area contributed by atoms with Gasteiger partial charge in [-0.15, -0.1) is 0 Å². The highest BCUT2D eigenvalue weighted by molar-refractivity contribution is 5.85. The third kappa shape index (κ3) is 2.86. The minimum Gasteiger partial charge on any atom is -0.325 e. The van der Waals surface area contributed by atoms with Gasteiger partial charge in [0.15, 0.2) is 0 Å². The molecule has 2 N–H and O–H groups in total. The summed E-state index contributed by atoms with van der Waals surface area (Å²) in [6, 6.07) is 15.0. The molecule has 2 aromatic rings. The molecule has 0 saturated heterocycles. The molecular formula is C16H21N. The lowest BCUT2D eigenvalue weighted by atomic mass is 9.87. The van der Waals surface area contributed by atoms with Crippen molar-refractivity contribution in [2.24, 2.45) is 5.73 Å². The van der Waals surface area contributed by atoms with Gasteiger partial charge >= 0.3 is 0 Å². The van der Waals surface area contributed by atoms with Crippen molar-refractivity contribution in [2.75, 3.05) is 0 Å². The topological polar surface area (TPSA) is 26.0 Å². The van der Waals surface area contributed by atoms with Crippen LogP contribution in [0.25, 0.3) is 10.8 Å². The molecule has 17 heavy (non-hydrogen) atoms. The Morgan fingerprint density at radius 3 is 2.53 bits per heavy atom. The molecule has 1 unspecified atom stereocenters. The van der Waals surface area contributed by atoms with Crippen LogP contribution in [0.15, 0.2) is 42.5 Å². The van der Waals surface area contributed by atoms with E-state index in [1.54, 1.807) is 0 Å². The average Bonchev–Trinajstić information content (AvgIpc) is 2.29. The fraction of sp³-hybridized carbons (Fsp3) is 0.375. The Kier molecular flexibility index (Phi) is 3.49. The van der Waals surface area contributed by atoms with E-state index in [-0.39, 0.29) is 5.54 Å². The Hall–Kier alpha value is -1.34. The largest absolute Gasteiger partial charge is 0.325 e. The molecule has 0 aliphatic heterocycles. The zero-order valence-corrected chi connectivity index (χ0v) is 10.7. The van der Waals surface area contributed by atoms with Crippen molar-refractivity contribution in [1.29, 1.82) is 0 Å². The van der Waals surface area contributed by atoms with Gasteiger partial charge in [-0.25, -0.2) is 0 Å². The molecule has 2 aromatic carbocycles. The third-order valence-corrected chi connectivity index (χ3v) is 3.30. The first kappa shape index (κ1) is 12.1. The van der Waals surface area contributed by atoms with Gasteiger partial charge in [-0.3, -0.25) is 0 Å². The number of hydrogen-bond donors (Lipinski definition) is 1. The van der Waals surface area contributed by atoms with Gasteiger partial charge in [0.25, 0.3) is 0 Å². The van der Waals surface area contributed by atoms with Gasteiger partial charge in [0.05, 0.1) is 0 Å². The van der Waals surface area contributed by atoms with Crippen molar-refractivity contribution in [2.45, 2.75) is 38.6 Å². The molecule has 0 heterocycles. The Morgan fingerprint density at radius 2 is 1.76 bits per heavy atom. The molecule has 0 aliphatic carbocycles.